The number of aliphatic hydroxyl groups is 1. The minimum atomic E-state index is -0.952. The maximum absolute atomic E-state index is 13.1. The molecule has 1 amide bonds. The quantitative estimate of drug-likeness (QED) is 0.477. The van der Waals surface area contributed by atoms with Gasteiger partial charge >= 0.3 is 0 Å². The van der Waals surface area contributed by atoms with Gasteiger partial charge in [-0.2, -0.15) is 5.10 Å². The third-order valence-electron chi connectivity index (χ3n) is 6.36. The van der Waals surface area contributed by atoms with Gasteiger partial charge in [-0.05, 0) is 62.2 Å². The molecular formula is C27H29N5O3. The molecule has 1 aliphatic rings. The van der Waals surface area contributed by atoms with Crippen LogP contribution in [-0.2, 0) is 16.8 Å². The van der Waals surface area contributed by atoms with Crippen LogP contribution in [0.4, 0.5) is 0 Å². The molecule has 0 spiro atoms. The van der Waals surface area contributed by atoms with Crippen LogP contribution in [0, 0.1) is 0 Å². The predicted octanol–water partition coefficient (Wildman–Crippen LogP) is 3.74. The first-order chi connectivity index (χ1) is 16.8. The molecule has 0 saturated carbocycles. The fourth-order valence-corrected chi connectivity index (χ4v) is 4.33. The molecule has 1 saturated heterocycles. The van der Waals surface area contributed by atoms with Crippen molar-refractivity contribution >= 4 is 16.8 Å². The average Bonchev–Trinajstić information content (AvgIpc) is 3.26. The molecule has 8 heteroatoms. The number of fused-ring (bicyclic) bond motifs is 1. The lowest BCUT2D eigenvalue weighted by Crippen LogP contribution is -2.40. The van der Waals surface area contributed by atoms with Crippen LogP contribution in [0.2, 0.25) is 0 Å². The largest absolute Gasteiger partial charge is 0.386 e. The number of morpholine rings is 1. The van der Waals surface area contributed by atoms with Crippen LogP contribution in [-0.4, -0.2) is 62.0 Å². The Kier molecular flexibility index (Phi) is 6.08. The lowest BCUT2D eigenvalue weighted by atomic mass is 9.98. The Morgan fingerprint density at radius 3 is 2.57 bits per heavy atom. The number of pyridine rings is 2. The highest BCUT2D eigenvalue weighted by Gasteiger charge is 2.21. The SMILES string of the molecule is CCc1nn(-c2ccc(-c3cc(C(C)(C)O)ccn3)cn2)c2cc(C(=O)N3CCOCC3)ccc12. The Morgan fingerprint density at radius 1 is 1.09 bits per heavy atom. The van der Waals surface area contributed by atoms with Crippen LogP contribution in [0.3, 0.4) is 0 Å². The number of hydrogen-bond acceptors (Lipinski definition) is 6. The summed E-state index contributed by atoms with van der Waals surface area (Å²) in [4.78, 5) is 24.0. The summed E-state index contributed by atoms with van der Waals surface area (Å²) in [6, 6.07) is 13.3. The minimum Gasteiger partial charge on any atom is -0.386 e. The fraction of sp³-hybridized carbons (Fsp3) is 0.333. The van der Waals surface area contributed by atoms with Crippen molar-refractivity contribution in [2.45, 2.75) is 32.8 Å². The molecule has 8 nitrogen and oxygen atoms in total. The number of aryl methyl sites for hydroxylation is 1. The number of nitrogens with zero attached hydrogens (tertiary/aromatic N) is 5. The van der Waals surface area contributed by atoms with Crippen molar-refractivity contribution in [1.29, 1.82) is 0 Å². The van der Waals surface area contributed by atoms with Gasteiger partial charge in [0.2, 0.25) is 0 Å². The van der Waals surface area contributed by atoms with Crippen molar-refractivity contribution < 1.29 is 14.6 Å². The molecule has 0 bridgehead atoms. The van der Waals surface area contributed by atoms with Crippen molar-refractivity contribution in [3.63, 3.8) is 0 Å². The van der Waals surface area contributed by atoms with Gasteiger partial charge in [-0.25, -0.2) is 9.67 Å². The van der Waals surface area contributed by atoms with Crippen molar-refractivity contribution in [1.82, 2.24) is 24.6 Å². The van der Waals surface area contributed by atoms with Gasteiger partial charge in [0.25, 0.3) is 5.91 Å². The van der Waals surface area contributed by atoms with Gasteiger partial charge in [0.1, 0.15) is 0 Å². The van der Waals surface area contributed by atoms with Crippen LogP contribution < -0.4 is 0 Å². The van der Waals surface area contributed by atoms with Crippen molar-refractivity contribution in [3.05, 3.63) is 71.7 Å². The standard InChI is InChI=1S/C27H29N5O3/c1-4-22-21-7-5-18(26(33)31-11-13-35-14-12-31)15-24(21)32(30-22)25-8-6-19(17-29-25)23-16-20(9-10-28-23)27(2,3)34/h5-10,15-17,34H,4,11-14H2,1-3H3. The second-order valence-corrected chi connectivity index (χ2v) is 9.24. The fourth-order valence-electron chi connectivity index (χ4n) is 4.33. The Balaban J connectivity index is 1.51. The summed E-state index contributed by atoms with van der Waals surface area (Å²) in [5.74, 6) is 0.662. The van der Waals surface area contributed by atoms with Gasteiger partial charge in [0.05, 0.1) is 35.7 Å². The predicted molar refractivity (Wildman–Crippen MR) is 133 cm³/mol. The lowest BCUT2D eigenvalue weighted by Gasteiger charge is -2.26. The smallest absolute Gasteiger partial charge is 0.254 e. The number of ether oxygens (including phenoxy) is 1. The number of hydrogen-bond donors (Lipinski definition) is 1. The highest BCUT2D eigenvalue weighted by Crippen LogP contribution is 2.27. The average molecular weight is 472 g/mol. The van der Waals surface area contributed by atoms with E-state index in [2.05, 4.69) is 16.9 Å². The summed E-state index contributed by atoms with van der Waals surface area (Å²) in [6.45, 7) is 7.89. The molecular weight excluding hydrogens is 442 g/mol. The summed E-state index contributed by atoms with van der Waals surface area (Å²) in [5.41, 5.74) is 3.85. The molecule has 0 aliphatic carbocycles. The van der Waals surface area contributed by atoms with Crippen molar-refractivity contribution in [3.8, 4) is 17.1 Å². The molecule has 1 aliphatic heterocycles. The number of rotatable bonds is 5. The highest BCUT2D eigenvalue weighted by molar-refractivity contribution is 5.98. The molecule has 35 heavy (non-hydrogen) atoms. The van der Waals surface area contributed by atoms with E-state index in [0.717, 1.165) is 39.8 Å². The van der Waals surface area contributed by atoms with E-state index in [0.29, 0.717) is 37.7 Å². The topological polar surface area (TPSA) is 93.4 Å². The van der Waals surface area contributed by atoms with Crippen LogP contribution in [0.5, 0.6) is 0 Å². The zero-order chi connectivity index (χ0) is 24.6. The highest BCUT2D eigenvalue weighted by atomic mass is 16.5. The third-order valence-corrected chi connectivity index (χ3v) is 6.36. The van der Waals surface area contributed by atoms with E-state index in [9.17, 15) is 9.90 Å². The Bertz CT molecular complexity index is 1370. The summed E-state index contributed by atoms with van der Waals surface area (Å²) in [6.07, 6.45) is 4.22. The second kappa shape index (κ2) is 9.20. The number of carbonyl (C=O) groups is 1. The van der Waals surface area contributed by atoms with Gasteiger partial charge < -0.3 is 14.7 Å². The number of benzene rings is 1. The molecule has 0 radical (unpaired) electrons. The summed E-state index contributed by atoms with van der Waals surface area (Å²) in [7, 11) is 0. The number of amides is 1. The number of carbonyl (C=O) groups excluding carboxylic acids is 1. The van der Waals surface area contributed by atoms with Gasteiger partial charge in [-0.1, -0.05) is 13.0 Å². The first kappa shape index (κ1) is 23.1. The summed E-state index contributed by atoms with van der Waals surface area (Å²) >= 11 is 0. The van der Waals surface area contributed by atoms with E-state index in [1.807, 2.05) is 47.4 Å². The Labute approximate surface area is 204 Å². The maximum atomic E-state index is 13.1. The Hall–Kier alpha value is -3.62. The third kappa shape index (κ3) is 4.54. The van der Waals surface area contributed by atoms with E-state index in [1.165, 1.54) is 0 Å². The molecule has 0 atom stereocenters. The zero-order valence-electron chi connectivity index (χ0n) is 20.2. The molecule has 1 fully saturated rings. The molecule has 1 N–H and O–H groups in total. The molecule has 4 heterocycles. The van der Waals surface area contributed by atoms with Crippen LogP contribution in [0.25, 0.3) is 28.0 Å². The molecule has 1 aromatic carbocycles. The minimum absolute atomic E-state index is 0.00192. The zero-order valence-corrected chi connectivity index (χ0v) is 20.2. The molecule has 180 valence electrons. The first-order valence-corrected chi connectivity index (χ1v) is 11.9. The van der Waals surface area contributed by atoms with Gasteiger partial charge in [0, 0.05) is 42.0 Å². The molecule has 4 aromatic rings. The molecule has 0 unspecified atom stereocenters. The normalized spacial score (nSPS) is 14.5. The summed E-state index contributed by atoms with van der Waals surface area (Å²) in [5, 5.41) is 16.1. The van der Waals surface area contributed by atoms with E-state index >= 15 is 0 Å². The van der Waals surface area contributed by atoms with Gasteiger partial charge in [0.15, 0.2) is 5.82 Å². The van der Waals surface area contributed by atoms with E-state index in [-0.39, 0.29) is 5.91 Å². The van der Waals surface area contributed by atoms with E-state index in [1.54, 1.807) is 30.9 Å². The van der Waals surface area contributed by atoms with E-state index < -0.39 is 5.60 Å². The van der Waals surface area contributed by atoms with Crippen LogP contribution >= 0.6 is 0 Å². The number of aromatic nitrogens is 4. The van der Waals surface area contributed by atoms with Crippen LogP contribution in [0.15, 0.2) is 54.9 Å². The molecule has 5 rings (SSSR count). The maximum Gasteiger partial charge on any atom is 0.254 e. The van der Waals surface area contributed by atoms with Gasteiger partial charge in [-0.3, -0.25) is 9.78 Å². The second-order valence-electron chi connectivity index (χ2n) is 9.24. The lowest BCUT2D eigenvalue weighted by molar-refractivity contribution is 0.0303. The van der Waals surface area contributed by atoms with Crippen molar-refractivity contribution in [2.24, 2.45) is 0 Å². The molecule has 3 aromatic heterocycles. The Morgan fingerprint density at radius 2 is 1.89 bits per heavy atom. The monoisotopic (exact) mass is 471 g/mol. The van der Waals surface area contributed by atoms with Crippen molar-refractivity contribution in [2.75, 3.05) is 26.3 Å². The van der Waals surface area contributed by atoms with E-state index in [4.69, 9.17) is 9.84 Å². The van der Waals surface area contributed by atoms with Crippen LogP contribution in [0.1, 0.15) is 42.4 Å². The summed E-state index contributed by atoms with van der Waals surface area (Å²) < 4.78 is 7.18. The van der Waals surface area contributed by atoms with Gasteiger partial charge in [-0.15, -0.1) is 0 Å². The first-order valence-electron chi connectivity index (χ1n) is 11.9.